The summed E-state index contributed by atoms with van der Waals surface area (Å²) in [5.74, 6) is -0.889. The topological polar surface area (TPSA) is 77.8 Å². The molecule has 0 aromatic heterocycles. The molecule has 0 spiro atoms. The van der Waals surface area contributed by atoms with Crippen LogP contribution in [0.3, 0.4) is 0 Å². The van der Waals surface area contributed by atoms with Crippen LogP contribution in [0.5, 0.6) is 0 Å². The van der Waals surface area contributed by atoms with Crippen molar-refractivity contribution in [1.82, 2.24) is 4.90 Å². The Morgan fingerprint density at radius 1 is 1.21 bits per heavy atom. The number of aliphatic hydroxyl groups is 2. The molecule has 5 nitrogen and oxygen atoms in total. The van der Waals surface area contributed by atoms with E-state index in [1.165, 1.54) is 6.08 Å². The highest BCUT2D eigenvalue weighted by Crippen LogP contribution is 2.26. The van der Waals surface area contributed by atoms with Crippen LogP contribution in [-0.4, -0.2) is 45.7 Å². The monoisotopic (exact) mass is 261 g/mol. The number of amides is 2. The van der Waals surface area contributed by atoms with Gasteiger partial charge in [0.15, 0.2) is 0 Å². The lowest BCUT2D eigenvalue weighted by molar-refractivity contribution is 0.0154. The van der Waals surface area contributed by atoms with Gasteiger partial charge in [0, 0.05) is 0 Å². The summed E-state index contributed by atoms with van der Waals surface area (Å²) in [5, 5.41) is 18.8. The van der Waals surface area contributed by atoms with Gasteiger partial charge < -0.3 is 10.2 Å². The van der Waals surface area contributed by atoms with E-state index in [4.69, 9.17) is 5.11 Å². The first-order valence-electron chi connectivity index (χ1n) is 5.98. The third-order valence-electron chi connectivity index (χ3n) is 3.20. The maximum Gasteiger partial charge on any atom is 0.261 e. The molecule has 0 saturated heterocycles. The van der Waals surface area contributed by atoms with E-state index >= 15 is 0 Å². The lowest BCUT2D eigenvalue weighted by Gasteiger charge is -2.28. The minimum atomic E-state index is -1.18. The molecule has 2 rings (SSSR count). The van der Waals surface area contributed by atoms with Crippen LogP contribution in [0.2, 0.25) is 0 Å². The predicted molar refractivity (Wildman–Crippen MR) is 68.6 cm³/mol. The molecule has 1 aliphatic rings. The standard InChI is InChI=1S/C14H15NO4/c1-2-5-11(12(17)8-16)15-13(18)9-6-3-4-7-10(9)14(15)19/h2-4,6-7,11-12,16-17H,1,5,8H2/t11-,12-/m1/s1. The molecule has 2 N–H and O–H groups in total. The third kappa shape index (κ3) is 2.18. The van der Waals surface area contributed by atoms with E-state index in [1.54, 1.807) is 24.3 Å². The number of hydrogen-bond acceptors (Lipinski definition) is 4. The second kappa shape index (κ2) is 5.34. The summed E-state index contributed by atoms with van der Waals surface area (Å²) in [6.45, 7) is 3.02. The summed E-state index contributed by atoms with van der Waals surface area (Å²) in [6.07, 6.45) is 0.556. The molecule has 1 aliphatic heterocycles. The average Bonchev–Trinajstić information content (AvgIpc) is 2.68. The number of hydrogen-bond donors (Lipinski definition) is 2. The second-order valence-electron chi connectivity index (χ2n) is 4.37. The van der Waals surface area contributed by atoms with Gasteiger partial charge in [-0.1, -0.05) is 18.2 Å². The smallest absolute Gasteiger partial charge is 0.261 e. The van der Waals surface area contributed by atoms with Crippen molar-refractivity contribution in [2.75, 3.05) is 6.61 Å². The number of benzene rings is 1. The quantitative estimate of drug-likeness (QED) is 0.600. The third-order valence-corrected chi connectivity index (χ3v) is 3.20. The van der Waals surface area contributed by atoms with E-state index in [0.29, 0.717) is 11.1 Å². The van der Waals surface area contributed by atoms with Gasteiger partial charge in [0.2, 0.25) is 0 Å². The molecule has 0 fully saturated rings. The molecular weight excluding hydrogens is 246 g/mol. The van der Waals surface area contributed by atoms with Crippen molar-refractivity contribution in [2.45, 2.75) is 18.6 Å². The Labute approximate surface area is 110 Å². The molecule has 19 heavy (non-hydrogen) atoms. The molecule has 0 unspecified atom stereocenters. The fourth-order valence-electron chi connectivity index (χ4n) is 2.24. The number of nitrogens with zero attached hydrogens (tertiary/aromatic N) is 1. The molecule has 0 radical (unpaired) electrons. The molecule has 0 saturated carbocycles. The van der Waals surface area contributed by atoms with Crippen LogP contribution in [0.15, 0.2) is 36.9 Å². The predicted octanol–water partition coefficient (Wildman–Crippen LogP) is 0.581. The van der Waals surface area contributed by atoms with Gasteiger partial charge in [-0.05, 0) is 18.6 Å². The van der Waals surface area contributed by atoms with Gasteiger partial charge in [-0.2, -0.15) is 0 Å². The Morgan fingerprint density at radius 2 is 1.74 bits per heavy atom. The number of fused-ring (bicyclic) bond motifs is 1. The Kier molecular flexibility index (Phi) is 3.78. The maximum absolute atomic E-state index is 12.2. The number of carbonyl (C=O) groups is 2. The van der Waals surface area contributed by atoms with Crippen LogP contribution >= 0.6 is 0 Å². The molecule has 1 aromatic carbocycles. The van der Waals surface area contributed by atoms with E-state index in [9.17, 15) is 14.7 Å². The van der Waals surface area contributed by atoms with Crippen LogP contribution < -0.4 is 0 Å². The molecule has 2 amide bonds. The first-order valence-corrected chi connectivity index (χ1v) is 5.98. The number of carbonyl (C=O) groups excluding carboxylic acids is 2. The minimum absolute atomic E-state index is 0.229. The normalized spacial score (nSPS) is 17.3. The summed E-state index contributed by atoms with van der Waals surface area (Å²) in [4.78, 5) is 25.5. The van der Waals surface area contributed by atoms with Gasteiger partial charge in [-0.15, -0.1) is 6.58 Å². The zero-order chi connectivity index (χ0) is 14.0. The van der Waals surface area contributed by atoms with Crippen molar-refractivity contribution >= 4 is 11.8 Å². The van der Waals surface area contributed by atoms with Crippen LogP contribution in [0.25, 0.3) is 0 Å². The van der Waals surface area contributed by atoms with Crippen LogP contribution in [0, 0.1) is 0 Å². The molecule has 1 aromatic rings. The Hall–Kier alpha value is -1.98. The van der Waals surface area contributed by atoms with E-state index in [2.05, 4.69) is 6.58 Å². The van der Waals surface area contributed by atoms with Crippen molar-refractivity contribution in [3.8, 4) is 0 Å². The largest absolute Gasteiger partial charge is 0.394 e. The highest BCUT2D eigenvalue weighted by atomic mass is 16.3. The molecule has 1 heterocycles. The summed E-state index contributed by atoms with van der Waals surface area (Å²) in [5.41, 5.74) is 0.651. The van der Waals surface area contributed by atoms with E-state index < -0.39 is 30.6 Å². The minimum Gasteiger partial charge on any atom is -0.394 e. The molecule has 0 aliphatic carbocycles. The van der Waals surface area contributed by atoms with E-state index in [-0.39, 0.29) is 6.42 Å². The molecule has 100 valence electrons. The van der Waals surface area contributed by atoms with Crippen LogP contribution in [-0.2, 0) is 0 Å². The molecule has 2 atom stereocenters. The highest BCUT2D eigenvalue weighted by Gasteiger charge is 2.41. The first kappa shape index (κ1) is 13.5. The summed E-state index contributed by atoms with van der Waals surface area (Å²) in [6, 6.07) is 5.71. The zero-order valence-electron chi connectivity index (χ0n) is 10.3. The first-order chi connectivity index (χ1) is 9.11. The van der Waals surface area contributed by atoms with Crippen molar-refractivity contribution in [3.05, 3.63) is 48.0 Å². The fraction of sp³-hybridized carbons (Fsp3) is 0.286. The lowest BCUT2D eigenvalue weighted by atomic mass is 10.1. The van der Waals surface area contributed by atoms with Crippen molar-refractivity contribution in [1.29, 1.82) is 0 Å². The van der Waals surface area contributed by atoms with Crippen molar-refractivity contribution in [2.24, 2.45) is 0 Å². The van der Waals surface area contributed by atoms with Crippen LogP contribution in [0.1, 0.15) is 27.1 Å². The summed E-state index contributed by atoms with van der Waals surface area (Å²) in [7, 11) is 0. The summed E-state index contributed by atoms with van der Waals surface area (Å²) >= 11 is 0. The summed E-state index contributed by atoms with van der Waals surface area (Å²) < 4.78 is 0. The number of rotatable bonds is 5. The average molecular weight is 261 g/mol. The van der Waals surface area contributed by atoms with Gasteiger partial charge in [-0.25, -0.2) is 0 Å². The Balaban J connectivity index is 2.39. The zero-order valence-corrected chi connectivity index (χ0v) is 10.3. The van der Waals surface area contributed by atoms with Crippen LogP contribution in [0.4, 0.5) is 0 Å². The van der Waals surface area contributed by atoms with Gasteiger partial charge in [0.1, 0.15) is 0 Å². The van der Waals surface area contributed by atoms with Gasteiger partial charge in [0.25, 0.3) is 11.8 Å². The molecular formula is C14H15NO4. The maximum atomic E-state index is 12.2. The lowest BCUT2D eigenvalue weighted by Crippen LogP contribution is -2.48. The fourth-order valence-corrected chi connectivity index (χ4v) is 2.24. The molecule has 5 heteroatoms. The van der Waals surface area contributed by atoms with Crippen molar-refractivity contribution in [3.63, 3.8) is 0 Å². The molecule has 0 bridgehead atoms. The van der Waals surface area contributed by atoms with Gasteiger partial charge in [0.05, 0.1) is 29.9 Å². The number of imide groups is 1. The highest BCUT2D eigenvalue weighted by molar-refractivity contribution is 6.21. The Morgan fingerprint density at radius 3 is 2.16 bits per heavy atom. The SMILES string of the molecule is C=CC[C@H]([C@H](O)CO)N1C(=O)c2ccccc2C1=O. The van der Waals surface area contributed by atoms with E-state index in [1.807, 2.05) is 0 Å². The van der Waals surface area contributed by atoms with Crippen molar-refractivity contribution < 1.29 is 19.8 Å². The second-order valence-corrected chi connectivity index (χ2v) is 4.37. The number of aliphatic hydroxyl groups excluding tert-OH is 2. The van der Waals surface area contributed by atoms with E-state index in [0.717, 1.165) is 4.90 Å². The van der Waals surface area contributed by atoms with Gasteiger partial charge >= 0.3 is 0 Å². The van der Waals surface area contributed by atoms with Gasteiger partial charge in [-0.3, -0.25) is 14.5 Å². The Bertz CT molecular complexity index is 491.